The molecule has 0 bridgehead atoms. The van der Waals surface area contributed by atoms with Crippen LogP contribution in [0.4, 0.5) is 0 Å². The van der Waals surface area contributed by atoms with Gasteiger partial charge in [0.05, 0.1) is 0 Å². The molecule has 0 spiro atoms. The van der Waals surface area contributed by atoms with Gasteiger partial charge < -0.3 is 14.1 Å². The third-order valence-corrected chi connectivity index (χ3v) is 3.48. The third kappa shape index (κ3) is 3.72. The van der Waals surface area contributed by atoms with Crippen molar-refractivity contribution < 1.29 is 14.1 Å². The van der Waals surface area contributed by atoms with Crippen molar-refractivity contribution in [3.63, 3.8) is 0 Å². The second kappa shape index (κ2) is 7.61. The molecule has 3 rings (SSSR count). The van der Waals surface area contributed by atoms with Crippen LogP contribution in [0.1, 0.15) is 17.0 Å². The Balaban J connectivity index is 1.87. The Morgan fingerprint density at radius 1 is 1.17 bits per heavy atom. The molecule has 0 N–H and O–H groups in total. The molecule has 0 atom stereocenters. The van der Waals surface area contributed by atoms with Crippen LogP contribution < -0.4 is 4.74 Å². The lowest BCUT2D eigenvalue weighted by molar-refractivity contribution is 0.212. The maximum atomic E-state index is 5.88. The molecule has 6 nitrogen and oxygen atoms in total. The van der Waals surface area contributed by atoms with Gasteiger partial charge in [-0.1, -0.05) is 46.2 Å². The molecule has 2 aromatic carbocycles. The molecule has 1 heterocycles. The molecule has 24 heavy (non-hydrogen) atoms. The van der Waals surface area contributed by atoms with E-state index in [-0.39, 0.29) is 5.89 Å². The van der Waals surface area contributed by atoms with Crippen molar-refractivity contribution in [2.75, 3.05) is 7.11 Å². The normalized spacial score (nSPS) is 11.3. The molecule has 0 saturated heterocycles. The van der Waals surface area contributed by atoms with E-state index in [1.165, 1.54) is 13.4 Å². The number of ether oxygens (including phenoxy) is 1. The molecule has 7 heteroatoms. The van der Waals surface area contributed by atoms with E-state index < -0.39 is 0 Å². The summed E-state index contributed by atoms with van der Waals surface area (Å²) in [5, 5.41) is 8.29. The molecule has 3 aromatic rings. The first-order valence-corrected chi connectivity index (χ1v) is 7.50. The standard InChI is InChI=1S/C17H14ClN3O3/c1-22-21-16(17-19-11-20-24-17)15-5-3-2-4-12(15)10-23-14-8-6-13(18)7-9-14/h2-9,11H,10H2,1H3. The van der Waals surface area contributed by atoms with Crippen molar-refractivity contribution in [3.8, 4) is 5.75 Å². The van der Waals surface area contributed by atoms with Crippen LogP contribution in [0, 0.1) is 0 Å². The first kappa shape index (κ1) is 16.0. The van der Waals surface area contributed by atoms with Crippen LogP contribution in [0.15, 0.2) is 64.5 Å². The summed E-state index contributed by atoms with van der Waals surface area (Å²) in [5.41, 5.74) is 2.14. The van der Waals surface area contributed by atoms with E-state index in [1.54, 1.807) is 12.1 Å². The highest BCUT2D eigenvalue weighted by Gasteiger charge is 2.17. The Morgan fingerprint density at radius 3 is 2.67 bits per heavy atom. The van der Waals surface area contributed by atoms with Crippen LogP contribution in [-0.4, -0.2) is 23.0 Å². The van der Waals surface area contributed by atoms with E-state index in [4.69, 9.17) is 25.7 Å². The summed E-state index contributed by atoms with van der Waals surface area (Å²) < 4.78 is 10.9. The van der Waals surface area contributed by atoms with E-state index >= 15 is 0 Å². The zero-order valence-electron chi connectivity index (χ0n) is 12.8. The van der Waals surface area contributed by atoms with Crippen molar-refractivity contribution in [2.45, 2.75) is 6.61 Å². The summed E-state index contributed by atoms with van der Waals surface area (Å²) in [6.07, 6.45) is 1.31. The summed E-state index contributed by atoms with van der Waals surface area (Å²) in [4.78, 5) is 8.95. The molecule has 0 unspecified atom stereocenters. The highest BCUT2D eigenvalue weighted by Crippen LogP contribution is 2.20. The second-order valence-electron chi connectivity index (χ2n) is 4.77. The number of oxime groups is 1. The van der Waals surface area contributed by atoms with Gasteiger partial charge in [-0.3, -0.25) is 0 Å². The van der Waals surface area contributed by atoms with E-state index in [2.05, 4.69) is 15.3 Å². The first-order chi connectivity index (χ1) is 11.8. The Morgan fingerprint density at radius 2 is 1.96 bits per heavy atom. The number of benzene rings is 2. The molecule has 0 radical (unpaired) electrons. The summed E-state index contributed by atoms with van der Waals surface area (Å²) in [6.45, 7) is 0.342. The van der Waals surface area contributed by atoms with Crippen LogP contribution in [0.5, 0.6) is 5.75 Å². The van der Waals surface area contributed by atoms with E-state index in [1.807, 2.05) is 36.4 Å². The third-order valence-electron chi connectivity index (χ3n) is 3.23. The van der Waals surface area contributed by atoms with Crippen molar-refractivity contribution >= 4 is 17.3 Å². The fourth-order valence-corrected chi connectivity index (χ4v) is 2.27. The smallest absolute Gasteiger partial charge is 0.280 e. The van der Waals surface area contributed by atoms with Gasteiger partial charge >= 0.3 is 0 Å². The fourth-order valence-electron chi connectivity index (χ4n) is 2.14. The Kier molecular flexibility index (Phi) is 5.08. The fraction of sp³-hybridized carbons (Fsp3) is 0.118. The summed E-state index contributed by atoms with van der Waals surface area (Å²) in [7, 11) is 1.46. The largest absolute Gasteiger partial charge is 0.489 e. The van der Waals surface area contributed by atoms with Gasteiger partial charge in [-0.15, -0.1) is 0 Å². The van der Waals surface area contributed by atoms with Gasteiger partial charge in [0.2, 0.25) is 0 Å². The van der Waals surface area contributed by atoms with E-state index in [9.17, 15) is 0 Å². The molecular weight excluding hydrogens is 330 g/mol. The lowest BCUT2D eigenvalue weighted by Crippen LogP contribution is -2.10. The summed E-state index contributed by atoms with van der Waals surface area (Å²) >= 11 is 5.88. The number of halogens is 1. The molecule has 0 amide bonds. The monoisotopic (exact) mass is 343 g/mol. The van der Waals surface area contributed by atoms with Crippen LogP contribution in [-0.2, 0) is 11.4 Å². The molecule has 0 aliphatic heterocycles. The van der Waals surface area contributed by atoms with Gasteiger partial charge in [-0.05, 0) is 29.8 Å². The van der Waals surface area contributed by atoms with E-state index in [0.717, 1.165) is 16.9 Å². The molecular formula is C17H14ClN3O3. The van der Waals surface area contributed by atoms with Gasteiger partial charge in [0.15, 0.2) is 12.0 Å². The molecule has 0 saturated carbocycles. The Bertz CT molecular complexity index is 817. The second-order valence-corrected chi connectivity index (χ2v) is 5.21. The highest BCUT2D eigenvalue weighted by molar-refractivity contribution is 6.30. The minimum absolute atomic E-state index is 0.274. The predicted molar refractivity (Wildman–Crippen MR) is 89.2 cm³/mol. The zero-order valence-corrected chi connectivity index (χ0v) is 13.6. The predicted octanol–water partition coefficient (Wildman–Crippen LogP) is 3.70. The quantitative estimate of drug-likeness (QED) is 0.504. The number of aromatic nitrogens is 2. The van der Waals surface area contributed by atoms with Crippen LogP contribution in [0.3, 0.4) is 0 Å². The number of hydrogen-bond acceptors (Lipinski definition) is 6. The lowest BCUT2D eigenvalue weighted by atomic mass is 10.0. The Hall–Kier alpha value is -2.86. The maximum absolute atomic E-state index is 5.88. The average molecular weight is 344 g/mol. The highest BCUT2D eigenvalue weighted by atomic mass is 35.5. The van der Waals surface area contributed by atoms with Crippen molar-refractivity contribution in [2.24, 2.45) is 5.16 Å². The van der Waals surface area contributed by atoms with Crippen LogP contribution in [0.2, 0.25) is 5.02 Å². The van der Waals surface area contributed by atoms with E-state index in [0.29, 0.717) is 17.3 Å². The molecule has 0 aliphatic rings. The maximum Gasteiger partial charge on any atom is 0.280 e. The topological polar surface area (TPSA) is 69.7 Å². The SMILES string of the molecule is CON=C(c1ncno1)c1ccccc1COc1ccc(Cl)cc1. The van der Waals surface area contributed by atoms with Crippen molar-refractivity contribution in [1.82, 2.24) is 10.1 Å². The van der Waals surface area contributed by atoms with Crippen LogP contribution >= 0.6 is 11.6 Å². The van der Waals surface area contributed by atoms with Crippen molar-refractivity contribution in [3.05, 3.63) is 76.9 Å². The van der Waals surface area contributed by atoms with Gasteiger partial charge in [0, 0.05) is 10.6 Å². The minimum atomic E-state index is 0.274. The Labute approximate surface area is 143 Å². The van der Waals surface area contributed by atoms with Gasteiger partial charge in [-0.25, -0.2) is 0 Å². The lowest BCUT2D eigenvalue weighted by Gasteiger charge is -2.11. The average Bonchev–Trinajstić information content (AvgIpc) is 3.14. The van der Waals surface area contributed by atoms with Gasteiger partial charge in [0.1, 0.15) is 19.5 Å². The van der Waals surface area contributed by atoms with Crippen molar-refractivity contribution in [1.29, 1.82) is 0 Å². The number of rotatable bonds is 6. The van der Waals surface area contributed by atoms with Gasteiger partial charge in [-0.2, -0.15) is 4.98 Å². The number of hydrogen-bond donors (Lipinski definition) is 0. The number of nitrogens with zero attached hydrogens (tertiary/aromatic N) is 3. The minimum Gasteiger partial charge on any atom is -0.489 e. The van der Waals surface area contributed by atoms with Crippen LogP contribution in [0.25, 0.3) is 0 Å². The first-order valence-electron chi connectivity index (χ1n) is 7.13. The van der Waals surface area contributed by atoms with Gasteiger partial charge in [0.25, 0.3) is 5.89 Å². The summed E-state index contributed by atoms with van der Waals surface area (Å²) in [5.74, 6) is 0.994. The zero-order chi connectivity index (χ0) is 16.8. The molecule has 122 valence electrons. The molecule has 0 aliphatic carbocycles. The molecule has 0 fully saturated rings. The molecule has 1 aromatic heterocycles. The summed E-state index contributed by atoms with van der Waals surface area (Å²) in [6, 6.07) is 14.8.